The number of carbonyl (C=O) groups is 1. The van der Waals surface area contributed by atoms with Gasteiger partial charge in [0, 0.05) is 41.4 Å². The lowest BCUT2D eigenvalue weighted by atomic mass is 10.1. The Bertz CT molecular complexity index is 1040. The minimum atomic E-state index is -0.260. The molecule has 7 heteroatoms. The van der Waals surface area contributed by atoms with Gasteiger partial charge in [-0.15, -0.1) is 11.3 Å². The quantitative estimate of drug-likeness (QED) is 0.547. The number of H-pyrrole nitrogens is 1. The number of fused-ring (bicyclic) bond motifs is 1. The van der Waals surface area contributed by atoms with Gasteiger partial charge in [0.15, 0.2) is 5.13 Å². The van der Waals surface area contributed by atoms with Crippen LogP contribution in [0.1, 0.15) is 11.3 Å². The summed E-state index contributed by atoms with van der Waals surface area (Å²) in [6.07, 6.45) is 6.60. The molecular formula is C19H17FN4OS. The van der Waals surface area contributed by atoms with E-state index in [1.54, 1.807) is 6.07 Å². The van der Waals surface area contributed by atoms with Crippen LogP contribution in [0.2, 0.25) is 0 Å². The Hall–Kier alpha value is -2.93. The lowest BCUT2D eigenvalue weighted by Gasteiger charge is -2.04. The zero-order valence-corrected chi connectivity index (χ0v) is 14.7. The van der Waals surface area contributed by atoms with Gasteiger partial charge >= 0.3 is 0 Å². The maximum Gasteiger partial charge on any atom is 0.226 e. The van der Waals surface area contributed by atoms with Gasteiger partial charge in [0.25, 0.3) is 0 Å². The minimum Gasteiger partial charge on any atom is -0.361 e. The first-order valence-corrected chi connectivity index (χ1v) is 9.17. The smallest absolute Gasteiger partial charge is 0.226 e. The fourth-order valence-electron chi connectivity index (χ4n) is 2.88. The number of benzene rings is 1. The predicted molar refractivity (Wildman–Crippen MR) is 100 cm³/mol. The van der Waals surface area contributed by atoms with Gasteiger partial charge in [-0.25, -0.2) is 9.37 Å². The summed E-state index contributed by atoms with van der Waals surface area (Å²) < 4.78 is 15.3. The van der Waals surface area contributed by atoms with E-state index in [0.29, 0.717) is 13.0 Å². The van der Waals surface area contributed by atoms with E-state index in [0.717, 1.165) is 27.3 Å². The first-order chi connectivity index (χ1) is 12.7. The predicted octanol–water partition coefficient (Wildman–Crippen LogP) is 3.46. The zero-order valence-electron chi connectivity index (χ0n) is 13.9. The van der Waals surface area contributed by atoms with Crippen LogP contribution in [0.15, 0.2) is 54.3 Å². The van der Waals surface area contributed by atoms with E-state index < -0.39 is 0 Å². The number of carbonyl (C=O) groups excluding carboxylic acids is 1. The van der Waals surface area contributed by atoms with Crippen molar-refractivity contribution >= 4 is 28.1 Å². The van der Waals surface area contributed by atoms with Crippen LogP contribution in [0, 0.1) is 5.82 Å². The molecule has 0 spiro atoms. The second kappa shape index (κ2) is 7.13. The summed E-state index contributed by atoms with van der Waals surface area (Å²) in [4.78, 5) is 19.7. The summed E-state index contributed by atoms with van der Waals surface area (Å²) in [6, 6.07) is 8.54. The van der Waals surface area contributed by atoms with Gasteiger partial charge in [0.05, 0.1) is 12.1 Å². The van der Waals surface area contributed by atoms with Crippen molar-refractivity contribution in [1.82, 2.24) is 19.9 Å². The van der Waals surface area contributed by atoms with Crippen LogP contribution >= 0.6 is 11.3 Å². The number of rotatable bonds is 6. The number of amides is 1. The molecule has 0 aliphatic heterocycles. The highest BCUT2D eigenvalue weighted by Crippen LogP contribution is 2.19. The van der Waals surface area contributed by atoms with E-state index in [2.05, 4.69) is 15.3 Å². The van der Waals surface area contributed by atoms with Crippen LogP contribution in [0.5, 0.6) is 0 Å². The third kappa shape index (κ3) is 3.52. The van der Waals surface area contributed by atoms with Crippen LogP contribution < -0.4 is 5.32 Å². The van der Waals surface area contributed by atoms with E-state index in [4.69, 9.17) is 0 Å². The SMILES string of the molecule is O=C(Cc1csc(-n2cccc2)n1)NCCc1c[nH]c2ccc(F)cc12. The molecule has 4 aromatic rings. The average molecular weight is 368 g/mol. The van der Waals surface area contributed by atoms with Gasteiger partial charge < -0.3 is 14.9 Å². The minimum absolute atomic E-state index is 0.0691. The van der Waals surface area contributed by atoms with Crippen molar-refractivity contribution < 1.29 is 9.18 Å². The fourth-order valence-corrected chi connectivity index (χ4v) is 3.67. The first kappa shape index (κ1) is 16.5. The van der Waals surface area contributed by atoms with Crippen molar-refractivity contribution in [3.8, 4) is 5.13 Å². The van der Waals surface area contributed by atoms with Gasteiger partial charge in [-0.1, -0.05) is 0 Å². The molecule has 3 heterocycles. The van der Waals surface area contributed by atoms with Crippen LogP contribution in [-0.4, -0.2) is 27.0 Å². The molecule has 1 aromatic carbocycles. The van der Waals surface area contributed by atoms with Crippen LogP contribution in [0.3, 0.4) is 0 Å². The number of nitrogens with one attached hydrogen (secondary N) is 2. The summed E-state index contributed by atoms with van der Waals surface area (Å²) in [6.45, 7) is 0.497. The molecule has 0 aliphatic rings. The van der Waals surface area contributed by atoms with E-state index >= 15 is 0 Å². The van der Waals surface area contributed by atoms with E-state index in [9.17, 15) is 9.18 Å². The highest BCUT2D eigenvalue weighted by Gasteiger charge is 2.09. The number of thiazole rings is 1. The summed E-state index contributed by atoms with van der Waals surface area (Å²) in [5.41, 5.74) is 2.64. The largest absolute Gasteiger partial charge is 0.361 e. The standard InChI is InChI=1S/C19H17FN4OS/c20-14-3-4-17-16(9-14)13(11-22-17)5-6-21-18(25)10-15-12-26-19(23-15)24-7-1-2-8-24/h1-4,7-9,11-12,22H,5-6,10H2,(H,21,25). The van der Waals surface area contributed by atoms with Gasteiger partial charge in [0.1, 0.15) is 5.82 Å². The number of nitrogens with zero attached hydrogens (tertiary/aromatic N) is 2. The molecule has 0 bridgehead atoms. The summed E-state index contributed by atoms with van der Waals surface area (Å²) >= 11 is 1.51. The molecule has 1 amide bonds. The van der Waals surface area contributed by atoms with E-state index in [-0.39, 0.29) is 18.1 Å². The molecule has 4 rings (SSSR count). The molecule has 0 saturated carbocycles. The molecule has 26 heavy (non-hydrogen) atoms. The van der Waals surface area contributed by atoms with Crippen molar-refractivity contribution in [3.63, 3.8) is 0 Å². The number of hydrogen-bond donors (Lipinski definition) is 2. The topological polar surface area (TPSA) is 62.7 Å². The third-order valence-electron chi connectivity index (χ3n) is 4.15. The number of halogens is 1. The van der Waals surface area contributed by atoms with Crippen LogP contribution in [-0.2, 0) is 17.6 Å². The van der Waals surface area contributed by atoms with Crippen molar-refractivity contribution in [2.75, 3.05) is 6.54 Å². The number of hydrogen-bond acceptors (Lipinski definition) is 3. The molecule has 5 nitrogen and oxygen atoms in total. The van der Waals surface area contributed by atoms with Crippen LogP contribution in [0.25, 0.3) is 16.0 Å². The molecule has 3 aromatic heterocycles. The van der Waals surface area contributed by atoms with Crippen LogP contribution in [0.4, 0.5) is 4.39 Å². The third-order valence-corrected chi connectivity index (χ3v) is 5.06. The van der Waals surface area contributed by atoms with Crippen molar-refractivity contribution in [3.05, 3.63) is 71.4 Å². The molecular weight excluding hydrogens is 351 g/mol. The Kier molecular flexibility index (Phi) is 4.53. The molecule has 0 fully saturated rings. The lowest BCUT2D eigenvalue weighted by molar-refractivity contribution is -0.120. The molecule has 2 N–H and O–H groups in total. The van der Waals surface area contributed by atoms with Gasteiger partial charge in [-0.05, 0) is 42.3 Å². The highest BCUT2D eigenvalue weighted by atomic mass is 32.1. The maximum absolute atomic E-state index is 13.4. The first-order valence-electron chi connectivity index (χ1n) is 8.29. The van der Waals surface area contributed by atoms with Crippen molar-refractivity contribution in [2.45, 2.75) is 12.8 Å². The Morgan fingerprint density at radius 1 is 1.31 bits per heavy atom. The van der Waals surface area contributed by atoms with Crippen molar-refractivity contribution in [1.29, 1.82) is 0 Å². The molecule has 0 atom stereocenters. The van der Waals surface area contributed by atoms with E-state index in [1.807, 2.05) is 40.7 Å². The molecule has 0 radical (unpaired) electrons. The molecule has 0 unspecified atom stereocenters. The van der Waals surface area contributed by atoms with E-state index in [1.165, 1.54) is 23.5 Å². The Morgan fingerprint density at radius 3 is 3.00 bits per heavy atom. The number of aromatic amines is 1. The van der Waals surface area contributed by atoms with Gasteiger partial charge in [0.2, 0.25) is 5.91 Å². The molecule has 132 valence electrons. The Balaban J connectivity index is 1.32. The Labute approximate surface area is 153 Å². The summed E-state index contributed by atoms with van der Waals surface area (Å²) in [5, 5.41) is 6.51. The number of aromatic nitrogens is 3. The Morgan fingerprint density at radius 2 is 2.15 bits per heavy atom. The summed E-state index contributed by atoms with van der Waals surface area (Å²) in [5.74, 6) is -0.329. The van der Waals surface area contributed by atoms with Gasteiger partial charge in [-0.2, -0.15) is 0 Å². The van der Waals surface area contributed by atoms with Crippen molar-refractivity contribution in [2.24, 2.45) is 0 Å². The fraction of sp³-hybridized carbons (Fsp3) is 0.158. The normalized spacial score (nSPS) is 11.1. The summed E-state index contributed by atoms with van der Waals surface area (Å²) in [7, 11) is 0. The molecule has 0 aliphatic carbocycles. The maximum atomic E-state index is 13.4. The highest BCUT2D eigenvalue weighted by molar-refractivity contribution is 7.12. The monoisotopic (exact) mass is 368 g/mol. The second-order valence-electron chi connectivity index (χ2n) is 5.99. The van der Waals surface area contributed by atoms with Gasteiger partial charge in [-0.3, -0.25) is 4.79 Å². The lowest BCUT2D eigenvalue weighted by Crippen LogP contribution is -2.27. The average Bonchev–Trinajstić information content (AvgIpc) is 3.35. The molecule has 0 saturated heterocycles. The second-order valence-corrected chi connectivity index (χ2v) is 6.83. The zero-order chi connectivity index (χ0) is 17.9.